The molecule has 0 N–H and O–H groups in total. The second-order valence-electron chi connectivity index (χ2n) is 12.0. The Morgan fingerprint density at radius 2 is 0.902 bits per heavy atom. The van der Waals surface area contributed by atoms with Crippen molar-refractivity contribution in [2.24, 2.45) is 0 Å². The molecule has 0 heterocycles. The average Bonchev–Trinajstić information content (AvgIpc) is 3.30. The lowest BCUT2D eigenvalue weighted by Crippen LogP contribution is -2.10. The van der Waals surface area contributed by atoms with Gasteiger partial charge in [0.25, 0.3) is 0 Å². The minimum atomic E-state index is -0.720. The van der Waals surface area contributed by atoms with Gasteiger partial charge in [-0.25, -0.2) is 0 Å². The van der Waals surface area contributed by atoms with Crippen molar-refractivity contribution in [2.45, 2.75) is 0 Å². The number of benzene rings is 9. The lowest BCUT2D eigenvalue weighted by atomic mass is 9.97. The van der Waals surface area contributed by atoms with Gasteiger partial charge in [-0.05, 0) is 108 Å². The predicted molar refractivity (Wildman–Crippen MR) is 218 cm³/mol. The third kappa shape index (κ3) is 6.07. The van der Waals surface area contributed by atoms with E-state index in [4.69, 9.17) is 2.74 Å². The quantitative estimate of drug-likeness (QED) is 0.164. The van der Waals surface area contributed by atoms with Crippen LogP contribution in [-0.2, 0) is 0 Å². The number of rotatable bonds is 7. The maximum Gasteiger partial charge on any atom is 0.0651 e. The van der Waals surface area contributed by atoms with Gasteiger partial charge >= 0.3 is 0 Å². The molecule has 9 rings (SSSR count). The Balaban J connectivity index is 1.34. The fourth-order valence-electron chi connectivity index (χ4n) is 6.29. The fraction of sp³-hybridized carbons (Fsp3) is 0. The van der Waals surface area contributed by atoms with Crippen molar-refractivity contribution < 1.29 is 16.4 Å². The molecule has 0 bridgehead atoms. The molecule has 0 saturated heterocycles. The summed E-state index contributed by atoms with van der Waals surface area (Å²) in [6, 6.07) is 34.9. The van der Waals surface area contributed by atoms with Crippen LogP contribution in [0.25, 0.3) is 66.1 Å². The summed E-state index contributed by atoms with van der Waals surface area (Å²) in [5.74, 6) is 0. The first-order valence-electron chi connectivity index (χ1n) is 22.5. The van der Waals surface area contributed by atoms with Crippen LogP contribution in [0.1, 0.15) is 16.4 Å². The Morgan fingerprint density at radius 3 is 1.65 bits per heavy atom. The lowest BCUT2D eigenvalue weighted by molar-refractivity contribution is 1.28. The summed E-state index contributed by atoms with van der Waals surface area (Å²) in [6.45, 7) is 0. The Bertz CT molecular complexity index is 3250. The highest BCUT2D eigenvalue weighted by molar-refractivity contribution is 5.97. The number of anilines is 3. The molecule has 0 aliphatic heterocycles. The summed E-state index contributed by atoms with van der Waals surface area (Å²) in [4.78, 5) is 0.892. The van der Waals surface area contributed by atoms with E-state index in [1.54, 1.807) is 48.5 Å². The molecule has 0 amide bonds. The summed E-state index contributed by atoms with van der Waals surface area (Å²) < 4.78 is 113. The van der Waals surface area contributed by atoms with E-state index in [0.29, 0.717) is 22.1 Å². The summed E-state index contributed by atoms with van der Waals surface area (Å²) >= 11 is 0. The van der Waals surface area contributed by atoms with Gasteiger partial charge in [0.2, 0.25) is 0 Å². The fourth-order valence-corrected chi connectivity index (χ4v) is 6.29. The first kappa shape index (κ1) is 20.1. The largest absolute Gasteiger partial charge is 0.310 e. The monoisotopic (exact) mass is 661 g/mol. The van der Waals surface area contributed by atoms with Gasteiger partial charge in [0.15, 0.2) is 0 Å². The molecular formula is C50H35N. The van der Waals surface area contributed by atoms with Crippen LogP contribution in [0, 0.1) is 0 Å². The molecule has 0 aliphatic rings. The molecule has 1 heteroatoms. The predicted octanol–water partition coefficient (Wildman–Crippen LogP) is 14.1. The third-order valence-electron chi connectivity index (χ3n) is 8.88. The van der Waals surface area contributed by atoms with Crippen molar-refractivity contribution in [1.29, 1.82) is 0 Å². The molecule has 0 fully saturated rings. The second-order valence-corrected chi connectivity index (χ2v) is 12.0. The molecule has 0 aliphatic carbocycles. The van der Waals surface area contributed by atoms with Gasteiger partial charge in [0.1, 0.15) is 0 Å². The van der Waals surface area contributed by atoms with Gasteiger partial charge in [0.05, 0.1) is 16.4 Å². The molecule has 0 radical (unpaired) electrons. The molecule has 51 heavy (non-hydrogen) atoms. The number of nitrogens with zero attached hydrogens (tertiary/aromatic N) is 1. The van der Waals surface area contributed by atoms with Gasteiger partial charge in [-0.15, -0.1) is 0 Å². The van der Waals surface area contributed by atoms with E-state index in [0.717, 1.165) is 32.2 Å². The highest BCUT2D eigenvalue weighted by atomic mass is 15.1. The third-order valence-corrected chi connectivity index (χ3v) is 8.88. The van der Waals surface area contributed by atoms with Crippen LogP contribution in [-0.4, -0.2) is 0 Å². The Morgan fingerprint density at radius 1 is 0.333 bits per heavy atom. The maximum absolute atomic E-state index is 9.73. The van der Waals surface area contributed by atoms with Crippen LogP contribution < -0.4 is 4.90 Å². The molecule has 240 valence electrons. The smallest absolute Gasteiger partial charge is 0.0651 e. The van der Waals surface area contributed by atoms with E-state index in [2.05, 4.69) is 0 Å². The topological polar surface area (TPSA) is 3.24 Å². The van der Waals surface area contributed by atoms with E-state index in [1.807, 2.05) is 91.0 Å². The number of hydrogen-bond donors (Lipinski definition) is 0. The molecular weight excluding hydrogens is 615 g/mol. The zero-order chi connectivity index (χ0) is 44.4. The van der Waals surface area contributed by atoms with Crippen molar-refractivity contribution in [1.82, 2.24) is 0 Å². The van der Waals surface area contributed by atoms with Crippen molar-refractivity contribution in [3.05, 3.63) is 212 Å². The van der Waals surface area contributed by atoms with Crippen LogP contribution in [0.2, 0.25) is 0 Å². The molecule has 0 saturated carbocycles. The highest BCUT2D eigenvalue weighted by Gasteiger charge is 2.15. The van der Waals surface area contributed by atoms with Crippen molar-refractivity contribution in [2.75, 3.05) is 4.90 Å². The van der Waals surface area contributed by atoms with E-state index >= 15 is 0 Å². The minimum absolute atomic E-state index is 0.0314. The van der Waals surface area contributed by atoms with Gasteiger partial charge in [-0.1, -0.05) is 170 Å². The second kappa shape index (κ2) is 13.3. The van der Waals surface area contributed by atoms with Crippen molar-refractivity contribution in [3.63, 3.8) is 0 Å². The van der Waals surface area contributed by atoms with Gasteiger partial charge in [-0.3, -0.25) is 0 Å². The zero-order valence-electron chi connectivity index (χ0n) is 39.2. The maximum atomic E-state index is 9.73. The van der Waals surface area contributed by atoms with E-state index in [9.17, 15) is 13.7 Å². The van der Waals surface area contributed by atoms with Crippen LogP contribution in [0.5, 0.6) is 0 Å². The number of hydrogen-bond acceptors (Lipinski definition) is 1. The highest BCUT2D eigenvalue weighted by Crippen LogP contribution is 2.39. The molecule has 0 atom stereocenters. The summed E-state index contributed by atoms with van der Waals surface area (Å²) in [6.07, 6.45) is 0. The molecule has 0 aromatic heterocycles. The Hall–Kier alpha value is -6.70. The summed E-state index contributed by atoms with van der Waals surface area (Å²) in [7, 11) is 0. The van der Waals surface area contributed by atoms with E-state index < -0.39 is 89.6 Å². The lowest BCUT2D eigenvalue weighted by Gasteiger charge is -2.26. The van der Waals surface area contributed by atoms with Gasteiger partial charge < -0.3 is 4.90 Å². The SMILES string of the molecule is [2H]c1c([2H])c(-c2ccc3ccccc3c2)c([2H])c(N(c2c([2H])c([2H])c(-c3ccc(-c4ccccc4)cc3)c([2H])c2[2H])c2c([2H])c([2H])c(-c3cccc4ccccc34)c([2H])c2[2H])c1[2H]. The Kier molecular flexibility index (Phi) is 5.24. The average molecular weight is 662 g/mol. The van der Waals surface area contributed by atoms with Crippen molar-refractivity contribution >= 4 is 38.6 Å². The van der Waals surface area contributed by atoms with Gasteiger partial charge in [-0.2, -0.15) is 0 Å². The van der Waals surface area contributed by atoms with Gasteiger partial charge in [0, 0.05) is 17.1 Å². The number of fused-ring (bicyclic) bond motifs is 2. The molecule has 0 unspecified atom stereocenters. The first-order chi connectivity index (χ1) is 30.3. The Labute approximate surface area is 316 Å². The molecule has 9 aromatic rings. The van der Waals surface area contributed by atoms with E-state index in [-0.39, 0.29) is 16.7 Å². The van der Waals surface area contributed by atoms with Crippen molar-refractivity contribution in [3.8, 4) is 44.5 Å². The van der Waals surface area contributed by atoms with Crippen LogP contribution in [0.3, 0.4) is 0 Å². The molecule has 9 aromatic carbocycles. The summed E-state index contributed by atoms with van der Waals surface area (Å²) in [5, 5.41) is 3.11. The molecule has 0 spiro atoms. The molecule has 1 nitrogen and oxygen atoms in total. The zero-order valence-corrected chi connectivity index (χ0v) is 27.2. The van der Waals surface area contributed by atoms with Crippen LogP contribution >= 0.6 is 0 Å². The standard InChI is InChI=1S/C50H35N/c1-2-10-36(11-3-1)38-20-22-39(23-21-38)40-26-30-46(31-27-40)51(47-32-28-42(29-33-47)50-19-9-15-41-13-6-7-18-49(41)50)48-17-8-16-44(35-48)45-25-24-37-12-4-5-14-43(37)34-45/h1-35H/i8D,16D,17D,26D,27D,28D,29D,30D,31D,32D,33D,35D. The minimum Gasteiger partial charge on any atom is -0.310 e. The summed E-state index contributed by atoms with van der Waals surface area (Å²) in [5.41, 5.74) is 1.15. The van der Waals surface area contributed by atoms with E-state index in [1.165, 1.54) is 0 Å². The normalized spacial score (nSPS) is 14.4. The van der Waals surface area contributed by atoms with Crippen LogP contribution in [0.15, 0.2) is 212 Å². The first-order valence-corrected chi connectivity index (χ1v) is 16.5. The van der Waals surface area contributed by atoms with Crippen LogP contribution in [0.4, 0.5) is 17.1 Å².